The number of rotatable bonds is 3. The summed E-state index contributed by atoms with van der Waals surface area (Å²) in [4.78, 5) is 11.5. The van der Waals surface area contributed by atoms with Crippen LogP contribution < -0.4 is 5.32 Å². The van der Waals surface area contributed by atoms with Crippen LogP contribution >= 0.6 is 0 Å². The standard InChI is InChI=1S/C9H15NO2/c11-9(5-7-1-2-7)8-6-12-4-3-10-8/h7-8,10H,1-6H2. The highest BCUT2D eigenvalue weighted by atomic mass is 16.5. The quantitative estimate of drug-likeness (QED) is 0.662. The van der Waals surface area contributed by atoms with E-state index < -0.39 is 0 Å². The molecule has 1 saturated carbocycles. The largest absolute Gasteiger partial charge is 0.378 e. The predicted molar refractivity (Wildman–Crippen MR) is 45.0 cm³/mol. The average Bonchev–Trinajstić information content (AvgIpc) is 2.90. The van der Waals surface area contributed by atoms with Crippen molar-refractivity contribution in [2.75, 3.05) is 19.8 Å². The monoisotopic (exact) mass is 169 g/mol. The SMILES string of the molecule is O=C(CC1CC1)C1COCCN1. The van der Waals surface area contributed by atoms with E-state index in [0.717, 1.165) is 19.6 Å². The van der Waals surface area contributed by atoms with Gasteiger partial charge < -0.3 is 10.1 Å². The van der Waals surface area contributed by atoms with Crippen LogP contribution in [0.5, 0.6) is 0 Å². The van der Waals surface area contributed by atoms with Gasteiger partial charge in [-0.15, -0.1) is 0 Å². The molecule has 3 heteroatoms. The molecule has 0 aromatic heterocycles. The molecule has 1 unspecified atom stereocenters. The van der Waals surface area contributed by atoms with E-state index in [1.54, 1.807) is 0 Å². The maximum absolute atomic E-state index is 11.5. The van der Waals surface area contributed by atoms with Gasteiger partial charge in [-0.2, -0.15) is 0 Å². The van der Waals surface area contributed by atoms with Crippen LogP contribution in [0.15, 0.2) is 0 Å². The van der Waals surface area contributed by atoms with Gasteiger partial charge in [-0.25, -0.2) is 0 Å². The third-order valence-electron chi connectivity index (χ3n) is 2.50. The summed E-state index contributed by atoms with van der Waals surface area (Å²) in [6.07, 6.45) is 3.26. The summed E-state index contributed by atoms with van der Waals surface area (Å²) < 4.78 is 5.22. The van der Waals surface area contributed by atoms with Crippen LogP contribution in [-0.4, -0.2) is 31.6 Å². The lowest BCUT2D eigenvalue weighted by Crippen LogP contribution is -2.46. The number of hydrogen-bond acceptors (Lipinski definition) is 3. The zero-order chi connectivity index (χ0) is 8.39. The molecule has 12 heavy (non-hydrogen) atoms. The molecule has 1 N–H and O–H groups in total. The van der Waals surface area contributed by atoms with E-state index in [9.17, 15) is 4.79 Å². The maximum Gasteiger partial charge on any atom is 0.152 e. The summed E-state index contributed by atoms with van der Waals surface area (Å²) in [6.45, 7) is 2.14. The van der Waals surface area contributed by atoms with Crippen molar-refractivity contribution < 1.29 is 9.53 Å². The fourth-order valence-electron chi connectivity index (χ4n) is 1.52. The zero-order valence-electron chi connectivity index (χ0n) is 7.21. The fourth-order valence-corrected chi connectivity index (χ4v) is 1.52. The van der Waals surface area contributed by atoms with Crippen molar-refractivity contribution >= 4 is 5.78 Å². The smallest absolute Gasteiger partial charge is 0.152 e. The summed E-state index contributed by atoms with van der Waals surface area (Å²) in [5.41, 5.74) is 0. The molecule has 1 aliphatic heterocycles. The first-order valence-electron chi connectivity index (χ1n) is 4.70. The number of morpholine rings is 1. The van der Waals surface area contributed by atoms with Crippen LogP contribution in [0.3, 0.4) is 0 Å². The molecular formula is C9H15NO2. The second-order valence-electron chi connectivity index (χ2n) is 3.70. The molecule has 1 heterocycles. The van der Waals surface area contributed by atoms with Crippen LogP contribution in [0.1, 0.15) is 19.3 Å². The number of carbonyl (C=O) groups is 1. The van der Waals surface area contributed by atoms with Crippen LogP contribution in [0.4, 0.5) is 0 Å². The highest BCUT2D eigenvalue weighted by Gasteiger charge is 2.29. The van der Waals surface area contributed by atoms with E-state index in [0.29, 0.717) is 18.3 Å². The Morgan fingerprint density at radius 1 is 1.50 bits per heavy atom. The molecule has 1 atom stereocenters. The topological polar surface area (TPSA) is 38.3 Å². The van der Waals surface area contributed by atoms with E-state index >= 15 is 0 Å². The Hall–Kier alpha value is -0.410. The van der Waals surface area contributed by atoms with Gasteiger partial charge in [0.1, 0.15) is 0 Å². The van der Waals surface area contributed by atoms with Gasteiger partial charge in [-0.05, 0) is 18.8 Å². The van der Waals surface area contributed by atoms with E-state index in [1.807, 2.05) is 0 Å². The van der Waals surface area contributed by atoms with Crippen LogP contribution in [0.2, 0.25) is 0 Å². The third kappa shape index (κ3) is 2.05. The normalized spacial score (nSPS) is 30.2. The van der Waals surface area contributed by atoms with Crippen molar-refractivity contribution in [3.63, 3.8) is 0 Å². The molecule has 2 rings (SSSR count). The lowest BCUT2D eigenvalue weighted by Gasteiger charge is -2.22. The van der Waals surface area contributed by atoms with Crippen LogP contribution in [-0.2, 0) is 9.53 Å². The van der Waals surface area contributed by atoms with Crippen molar-refractivity contribution in [3.8, 4) is 0 Å². The minimum atomic E-state index is -0.0145. The summed E-state index contributed by atoms with van der Waals surface area (Å²) in [5, 5.41) is 3.18. The molecular weight excluding hydrogens is 154 g/mol. The first kappa shape index (κ1) is 8.20. The predicted octanol–water partition coefficient (Wildman–Crippen LogP) is 0.344. The lowest BCUT2D eigenvalue weighted by atomic mass is 10.1. The van der Waals surface area contributed by atoms with E-state index in [-0.39, 0.29) is 6.04 Å². The molecule has 1 aliphatic carbocycles. The van der Waals surface area contributed by atoms with Crippen molar-refractivity contribution in [2.45, 2.75) is 25.3 Å². The zero-order valence-corrected chi connectivity index (χ0v) is 7.21. The van der Waals surface area contributed by atoms with Crippen molar-refractivity contribution in [1.29, 1.82) is 0 Å². The second kappa shape index (κ2) is 3.54. The van der Waals surface area contributed by atoms with E-state index in [2.05, 4.69) is 5.32 Å². The molecule has 1 saturated heterocycles. The van der Waals surface area contributed by atoms with Crippen LogP contribution in [0.25, 0.3) is 0 Å². The summed E-state index contributed by atoms with van der Waals surface area (Å²) in [6, 6.07) is -0.0145. The summed E-state index contributed by atoms with van der Waals surface area (Å²) in [5.74, 6) is 1.04. The summed E-state index contributed by atoms with van der Waals surface area (Å²) in [7, 11) is 0. The Morgan fingerprint density at radius 3 is 2.92 bits per heavy atom. The van der Waals surface area contributed by atoms with Crippen LogP contribution in [0, 0.1) is 5.92 Å². The van der Waals surface area contributed by atoms with Gasteiger partial charge in [0.05, 0.1) is 19.3 Å². The van der Waals surface area contributed by atoms with Crippen molar-refractivity contribution in [1.82, 2.24) is 5.32 Å². The average molecular weight is 169 g/mol. The van der Waals surface area contributed by atoms with Crippen molar-refractivity contribution in [2.24, 2.45) is 5.92 Å². The van der Waals surface area contributed by atoms with Gasteiger partial charge in [0.2, 0.25) is 0 Å². The van der Waals surface area contributed by atoms with Gasteiger partial charge in [0.25, 0.3) is 0 Å². The number of nitrogens with one attached hydrogen (secondary N) is 1. The fraction of sp³-hybridized carbons (Fsp3) is 0.889. The molecule has 0 amide bonds. The number of ether oxygens (including phenoxy) is 1. The van der Waals surface area contributed by atoms with E-state index in [1.165, 1.54) is 12.8 Å². The van der Waals surface area contributed by atoms with Gasteiger partial charge >= 0.3 is 0 Å². The highest BCUT2D eigenvalue weighted by Crippen LogP contribution is 2.32. The second-order valence-corrected chi connectivity index (χ2v) is 3.70. The Balaban J connectivity index is 1.76. The number of Topliss-reactive ketones (excluding diaryl/α,β-unsaturated/α-hetero) is 1. The molecule has 0 spiro atoms. The van der Waals surface area contributed by atoms with E-state index in [4.69, 9.17) is 4.74 Å². The molecule has 0 aromatic carbocycles. The summed E-state index contributed by atoms with van der Waals surface area (Å²) >= 11 is 0. The Kier molecular flexibility index (Phi) is 2.42. The lowest BCUT2D eigenvalue weighted by molar-refractivity contribution is -0.124. The molecule has 0 aromatic rings. The third-order valence-corrected chi connectivity index (χ3v) is 2.50. The molecule has 0 radical (unpaired) electrons. The molecule has 2 aliphatic rings. The molecule has 2 fully saturated rings. The first-order chi connectivity index (χ1) is 5.86. The Morgan fingerprint density at radius 2 is 2.33 bits per heavy atom. The van der Waals surface area contributed by atoms with Gasteiger partial charge in [-0.3, -0.25) is 4.79 Å². The van der Waals surface area contributed by atoms with Crippen molar-refractivity contribution in [3.05, 3.63) is 0 Å². The molecule has 68 valence electrons. The Bertz CT molecular complexity index is 171. The molecule has 3 nitrogen and oxygen atoms in total. The number of hydrogen-bond donors (Lipinski definition) is 1. The maximum atomic E-state index is 11.5. The van der Waals surface area contributed by atoms with Gasteiger partial charge in [0, 0.05) is 13.0 Å². The number of ketones is 1. The van der Waals surface area contributed by atoms with Gasteiger partial charge in [-0.1, -0.05) is 0 Å². The first-order valence-corrected chi connectivity index (χ1v) is 4.70. The minimum absolute atomic E-state index is 0.0145. The van der Waals surface area contributed by atoms with Gasteiger partial charge in [0.15, 0.2) is 5.78 Å². The molecule has 0 bridgehead atoms. The highest BCUT2D eigenvalue weighted by molar-refractivity contribution is 5.84. The Labute approximate surface area is 72.5 Å². The number of carbonyl (C=O) groups excluding carboxylic acids is 1. The minimum Gasteiger partial charge on any atom is -0.378 e.